The van der Waals surface area contributed by atoms with E-state index in [0.29, 0.717) is 5.39 Å². The zero-order valence-electron chi connectivity index (χ0n) is 9.34. The Morgan fingerprint density at radius 1 is 1.12 bits per heavy atom. The number of hydrogen-bond acceptors (Lipinski definition) is 3. The largest absolute Gasteiger partial charge is 0.385 e. The van der Waals surface area contributed by atoms with Gasteiger partial charge >= 0.3 is 0 Å². The number of rotatable bonds is 3. The molecule has 2 aromatic carbocycles. The summed E-state index contributed by atoms with van der Waals surface area (Å²) in [6, 6.07) is 10.1. The molecule has 0 aliphatic carbocycles. The Kier molecular flexibility index (Phi) is 3.04. The molecule has 0 atom stereocenters. The molecule has 0 fully saturated rings. The van der Waals surface area contributed by atoms with Crippen molar-refractivity contribution in [3.8, 4) is 0 Å². The first-order valence-electron chi connectivity index (χ1n) is 5.27. The van der Waals surface area contributed by atoms with E-state index >= 15 is 0 Å². The molecule has 0 bridgehead atoms. The van der Waals surface area contributed by atoms with Gasteiger partial charge < -0.3 is 5.32 Å². The van der Waals surface area contributed by atoms with Crippen LogP contribution >= 0.6 is 0 Å². The van der Waals surface area contributed by atoms with Crippen LogP contribution in [0.25, 0.3) is 10.8 Å². The average molecular weight is 251 g/mol. The van der Waals surface area contributed by atoms with Gasteiger partial charge in [0.15, 0.2) is 0 Å². The van der Waals surface area contributed by atoms with E-state index in [9.17, 15) is 8.42 Å². The normalized spacial score (nSPS) is 11.6. The first-order valence-corrected chi connectivity index (χ1v) is 6.71. The fourth-order valence-electron chi connectivity index (χ4n) is 1.85. The Labute approximate surface area is 100 Å². The predicted octanol–water partition coefficient (Wildman–Crippen LogP) is 2.52. The molecule has 2 aromatic rings. The second kappa shape index (κ2) is 4.35. The maximum absolute atomic E-state index is 11.3. The van der Waals surface area contributed by atoms with E-state index in [1.165, 1.54) is 6.07 Å². The zero-order valence-corrected chi connectivity index (χ0v) is 10.2. The van der Waals surface area contributed by atoms with Crippen molar-refractivity contribution in [2.24, 2.45) is 0 Å². The minimum atomic E-state index is -4.19. The van der Waals surface area contributed by atoms with Crippen LogP contribution in [0.3, 0.4) is 0 Å². The summed E-state index contributed by atoms with van der Waals surface area (Å²) in [5, 5.41) is 4.46. The van der Waals surface area contributed by atoms with Gasteiger partial charge in [0.05, 0.1) is 0 Å². The second-order valence-corrected chi connectivity index (χ2v) is 5.05. The molecule has 0 aromatic heterocycles. The molecule has 0 radical (unpaired) electrons. The summed E-state index contributed by atoms with van der Waals surface area (Å²) >= 11 is 0. The van der Waals surface area contributed by atoms with Crippen LogP contribution in [0.5, 0.6) is 0 Å². The molecule has 17 heavy (non-hydrogen) atoms. The lowest BCUT2D eigenvalue weighted by Gasteiger charge is -2.09. The third kappa shape index (κ3) is 2.25. The van der Waals surface area contributed by atoms with Crippen LogP contribution in [0.4, 0.5) is 5.69 Å². The highest BCUT2D eigenvalue weighted by molar-refractivity contribution is 7.86. The van der Waals surface area contributed by atoms with Gasteiger partial charge in [-0.3, -0.25) is 4.55 Å². The third-order valence-corrected chi connectivity index (χ3v) is 3.44. The van der Waals surface area contributed by atoms with Crippen molar-refractivity contribution in [1.82, 2.24) is 0 Å². The van der Waals surface area contributed by atoms with E-state index in [1.807, 2.05) is 19.1 Å². The molecule has 0 amide bonds. The summed E-state index contributed by atoms with van der Waals surface area (Å²) in [6.07, 6.45) is 0. The van der Waals surface area contributed by atoms with E-state index in [1.54, 1.807) is 18.2 Å². The molecule has 2 N–H and O–H groups in total. The molecular formula is C12H13NO3S. The molecule has 2 rings (SSSR count). The SMILES string of the molecule is CCNc1cccc2c(S(=O)(=O)O)cccc12. The van der Waals surface area contributed by atoms with Crippen LogP contribution in [0, 0.1) is 0 Å². The summed E-state index contributed by atoms with van der Waals surface area (Å²) in [7, 11) is -4.19. The van der Waals surface area contributed by atoms with E-state index in [-0.39, 0.29) is 4.90 Å². The van der Waals surface area contributed by atoms with Gasteiger partial charge in [0.1, 0.15) is 4.90 Å². The number of hydrogen-bond donors (Lipinski definition) is 2. The monoisotopic (exact) mass is 251 g/mol. The van der Waals surface area contributed by atoms with Gasteiger partial charge in [-0.25, -0.2) is 0 Å². The van der Waals surface area contributed by atoms with E-state index in [4.69, 9.17) is 4.55 Å². The second-order valence-electron chi connectivity index (χ2n) is 3.66. The van der Waals surface area contributed by atoms with Crippen LogP contribution < -0.4 is 5.32 Å². The highest BCUT2D eigenvalue weighted by Gasteiger charge is 2.14. The van der Waals surface area contributed by atoms with Crippen molar-refractivity contribution in [2.45, 2.75) is 11.8 Å². The van der Waals surface area contributed by atoms with Gasteiger partial charge in [0, 0.05) is 23.0 Å². The molecule has 0 unspecified atom stereocenters. The van der Waals surface area contributed by atoms with E-state index < -0.39 is 10.1 Å². The first-order chi connectivity index (χ1) is 8.04. The van der Waals surface area contributed by atoms with Crippen LogP contribution in [-0.4, -0.2) is 19.5 Å². The molecule has 0 heterocycles. The van der Waals surface area contributed by atoms with Crippen LogP contribution in [0.1, 0.15) is 6.92 Å². The maximum Gasteiger partial charge on any atom is 0.295 e. The lowest BCUT2D eigenvalue weighted by molar-refractivity contribution is 0.484. The summed E-state index contributed by atoms with van der Waals surface area (Å²) in [4.78, 5) is -0.0604. The van der Waals surface area contributed by atoms with Crippen molar-refractivity contribution >= 4 is 26.6 Å². The van der Waals surface area contributed by atoms with E-state index in [2.05, 4.69) is 5.32 Å². The number of fused-ring (bicyclic) bond motifs is 1. The van der Waals surface area contributed by atoms with Gasteiger partial charge in [0.2, 0.25) is 0 Å². The molecule has 0 spiro atoms. The minimum Gasteiger partial charge on any atom is -0.385 e. The maximum atomic E-state index is 11.3. The topological polar surface area (TPSA) is 66.4 Å². The van der Waals surface area contributed by atoms with Crippen molar-refractivity contribution in [1.29, 1.82) is 0 Å². The van der Waals surface area contributed by atoms with Crippen molar-refractivity contribution in [3.05, 3.63) is 36.4 Å². The van der Waals surface area contributed by atoms with E-state index in [0.717, 1.165) is 17.6 Å². The molecule has 0 saturated carbocycles. The summed E-state index contributed by atoms with van der Waals surface area (Å²) in [5.41, 5.74) is 0.857. The summed E-state index contributed by atoms with van der Waals surface area (Å²) in [5.74, 6) is 0. The quantitative estimate of drug-likeness (QED) is 0.823. The molecular weight excluding hydrogens is 238 g/mol. The molecule has 0 aliphatic rings. The highest BCUT2D eigenvalue weighted by Crippen LogP contribution is 2.28. The summed E-state index contributed by atoms with van der Waals surface area (Å²) in [6.45, 7) is 2.71. The Balaban J connectivity index is 2.79. The Hall–Kier alpha value is -1.59. The fraction of sp³-hybridized carbons (Fsp3) is 0.167. The van der Waals surface area contributed by atoms with Crippen molar-refractivity contribution < 1.29 is 13.0 Å². The molecule has 90 valence electrons. The summed E-state index contributed by atoms with van der Waals surface area (Å²) < 4.78 is 31.7. The van der Waals surface area contributed by atoms with Crippen molar-refractivity contribution in [3.63, 3.8) is 0 Å². The molecule has 4 nitrogen and oxygen atoms in total. The van der Waals surface area contributed by atoms with Gasteiger partial charge in [-0.15, -0.1) is 0 Å². The lowest BCUT2D eigenvalue weighted by Crippen LogP contribution is -2.01. The number of anilines is 1. The van der Waals surface area contributed by atoms with Crippen LogP contribution in [-0.2, 0) is 10.1 Å². The van der Waals surface area contributed by atoms with Crippen LogP contribution in [0.15, 0.2) is 41.3 Å². The highest BCUT2D eigenvalue weighted by atomic mass is 32.2. The minimum absolute atomic E-state index is 0.0604. The average Bonchev–Trinajstić information content (AvgIpc) is 2.28. The van der Waals surface area contributed by atoms with Crippen molar-refractivity contribution in [2.75, 3.05) is 11.9 Å². The first kappa shape index (κ1) is 11.9. The van der Waals surface area contributed by atoms with Gasteiger partial charge in [0.25, 0.3) is 10.1 Å². The van der Waals surface area contributed by atoms with Crippen LogP contribution in [0.2, 0.25) is 0 Å². The lowest BCUT2D eigenvalue weighted by atomic mass is 10.1. The standard InChI is InChI=1S/C12H13NO3S/c1-2-13-11-7-3-6-10-9(11)5-4-8-12(10)17(14,15)16/h3-8,13H,2H2,1H3,(H,14,15,16). The Morgan fingerprint density at radius 2 is 1.76 bits per heavy atom. The fourth-order valence-corrected chi connectivity index (χ4v) is 2.56. The van der Waals surface area contributed by atoms with Gasteiger partial charge in [-0.1, -0.05) is 24.3 Å². The number of nitrogens with one attached hydrogen (secondary N) is 1. The zero-order chi connectivity index (χ0) is 12.5. The van der Waals surface area contributed by atoms with Gasteiger partial charge in [-0.05, 0) is 19.1 Å². The number of benzene rings is 2. The molecule has 5 heteroatoms. The smallest absolute Gasteiger partial charge is 0.295 e. The van der Waals surface area contributed by atoms with Gasteiger partial charge in [-0.2, -0.15) is 8.42 Å². The molecule has 0 saturated heterocycles. The Morgan fingerprint density at radius 3 is 2.41 bits per heavy atom. The Bertz CT molecular complexity index is 650. The molecule has 0 aliphatic heterocycles. The predicted molar refractivity (Wildman–Crippen MR) is 67.9 cm³/mol. The third-order valence-electron chi connectivity index (χ3n) is 2.53.